The van der Waals surface area contributed by atoms with Gasteiger partial charge in [-0.1, -0.05) is 70.9 Å². The van der Waals surface area contributed by atoms with E-state index in [1.807, 2.05) is 24.0 Å². The molecule has 2 amide bonds. The van der Waals surface area contributed by atoms with Crippen molar-refractivity contribution >= 4 is 29.1 Å². The number of carbonyl (C=O) groups excluding carboxylic acids is 2. The van der Waals surface area contributed by atoms with Gasteiger partial charge in [0.1, 0.15) is 17.2 Å². The summed E-state index contributed by atoms with van der Waals surface area (Å²) >= 11 is 5.96. The molecule has 1 atom stereocenters. The normalized spacial score (nSPS) is 24.4. The summed E-state index contributed by atoms with van der Waals surface area (Å²) in [5.74, 6) is -0.143. The molecule has 1 aromatic carbocycles. The third-order valence-electron chi connectivity index (χ3n) is 8.70. The minimum atomic E-state index is -0.645. The number of hydrogen-bond donors (Lipinski definition) is 1. The highest BCUT2D eigenvalue weighted by Crippen LogP contribution is 2.48. The van der Waals surface area contributed by atoms with Crippen LogP contribution in [0.2, 0.25) is 5.02 Å². The third kappa shape index (κ3) is 6.16. The molecule has 1 N–H and O–H groups in total. The molecule has 1 spiro atoms. The predicted molar refractivity (Wildman–Crippen MR) is 156 cm³/mol. The summed E-state index contributed by atoms with van der Waals surface area (Å²) in [5, 5.41) is 3.00. The molecule has 0 aromatic heterocycles. The van der Waals surface area contributed by atoms with Crippen molar-refractivity contribution in [2.75, 3.05) is 6.54 Å². The molecule has 212 valence electrons. The first-order valence-electron chi connectivity index (χ1n) is 14.6. The highest BCUT2D eigenvalue weighted by atomic mass is 35.5. The zero-order chi connectivity index (χ0) is 28.4. The van der Waals surface area contributed by atoms with Crippen molar-refractivity contribution in [3.8, 4) is 0 Å². The van der Waals surface area contributed by atoms with Crippen molar-refractivity contribution in [2.45, 2.75) is 104 Å². The second-order valence-corrected chi connectivity index (χ2v) is 12.8. The van der Waals surface area contributed by atoms with Crippen molar-refractivity contribution in [3.63, 3.8) is 0 Å². The number of halogens is 2. The van der Waals surface area contributed by atoms with Crippen molar-refractivity contribution < 1.29 is 14.0 Å². The molecule has 1 fully saturated rings. The van der Waals surface area contributed by atoms with Crippen LogP contribution in [0.1, 0.15) is 98.0 Å². The quantitative estimate of drug-likeness (QED) is 0.363. The van der Waals surface area contributed by atoms with Crippen LogP contribution in [0.25, 0.3) is 0 Å². The Bertz CT molecular complexity index is 1190. The first kappa shape index (κ1) is 29.5. The van der Waals surface area contributed by atoms with E-state index >= 15 is 0 Å². The summed E-state index contributed by atoms with van der Waals surface area (Å²) in [6.45, 7) is 11.7. The highest BCUT2D eigenvalue weighted by molar-refractivity contribution is 6.47. The Labute approximate surface area is 238 Å². The number of carbonyl (C=O) groups is 2. The lowest BCUT2D eigenvalue weighted by Crippen LogP contribution is -2.55. The van der Waals surface area contributed by atoms with Gasteiger partial charge in [-0.25, -0.2) is 4.39 Å². The molecule has 3 aliphatic rings. The van der Waals surface area contributed by atoms with E-state index in [0.717, 1.165) is 62.5 Å². The van der Waals surface area contributed by atoms with Crippen LogP contribution < -0.4 is 5.32 Å². The summed E-state index contributed by atoms with van der Waals surface area (Å²) in [6, 6.07) is 4.40. The molecule has 1 saturated carbocycles. The van der Waals surface area contributed by atoms with Gasteiger partial charge in [0.15, 0.2) is 0 Å². The zero-order valence-electron chi connectivity index (χ0n) is 24.1. The molecule has 39 heavy (non-hydrogen) atoms. The van der Waals surface area contributed by atoms with E-state index in [-0.39, 0.29) is 28.3 Å². The van der Waals surface area contributed by atoms with Gasteiger partial charge in [-0.05, 0) is 80.4 Å². The maximum atomic E-state index is 14.5. The van der Waals surface area contributed by atoms with Gasteiger partial charge in [0.2, 0.25) is 5.91 Å². The molecule has 4 rings (SSSR count). The SMILES string of the molecule is CCCNC(=O)C1=CC=C(C(CCC)N2C(=O)C(c3ccc(Cl)c(F)c3)=NC23CCC(C(C)(C)C)CC3)CC1. The van der Waals surface area contributed by atoms with Crippen LogP contribution in [0.3, 0.4) is 0 Å². The Morgan fingerprint density at radius 2 is 1.90 bits per heavy atom. The monoisotopic (exact) mass is 555 g/mol. The van der Waals surface area contributed by atoms with Crippen molar-refractivity contribution in [2.24, 2.45) is 16.3 Å². The van der Waals surface area contributed by atoms with Gasteiger partial charge in [0, 0.05) is 17.7 Å². The number of aliphatic imine (C=N–C) groups is 1. The van der Waals surface area contributed by atoms with Gasteiger partial charge in [0.05, 0.1) is 11.1 Å². The van der Waals surface area contributed by atoms with E-state index in [4.69, 9.17) is 16.6 Å². The molecule has 7 heteroatoms. The standard InChI is InChI=1S/C32H43ClFN3O2/c1-6-8-27(21-9-11-22(12-10-21)29(38)35-19-7-2)37-30(39)28(23-13-14-25(33)26(34)20-23)36-32(37)17-15-24(16-18-32)31(3,4)5/h9,11,13-14,20,24,27H,6-8,10,12,15-19H2,1-5H3,(H,35,38). The van der Waals surface area contributed by atoms with Crippen molar-refractivity contribution in [1.29, 1.82) is 0 Å². The molecular formula is C32H43ClFN3O2. The molecule has 1 heterocycles. The van der Waals surface area contributed by atoms with Crippen LogP contribution in [0.15, 0.2) is 46.5 Å². The maximum Gasteiger partial charge on any atom is 0.275 e. The lowest BCUT2D eigenvalue weighted by atomic mass is 9.69. The van der Waals surface area contributed by atoms with E-state index in [9.17, 15) is 14.0 Å². The minimum absolute atomic E-state index is 0.0104. The minimum Gasteiger partial charge on any atom is -0.352 e. The number of nitrogens with zero attached hydrogens (tertiary/aromatic N) is 2. The van der Waals surface area contributed by atoms with Gasteiger partial charge in [0.25, 0.3) is 5.91 Å². The molecule has 0 radical (unpaired) electrons. The van der Waals surface area contributed by atoms with Crippen LogP contribution in [0.5, 0.6) is 0 Å². The number of amides is 2. The van der Waals surface area contributed by atoms with E-state index < -0.39 is 11.5 Å². The lowest BCUT2D eigenvalue weighted by molar-refractivity contribution is -0.132. The van der Waals surface area contributed by atoms with Gasteiger partial charge < -0.3 is 10.2 Å². The molecule has 0 bridgehead atoms. The average Bonchev–Trinajstić information content (AvgIpc) is 3.18. The Morgan fingerprint density at radius 3 is 2.46 bits per heavy atom. The molecule has 1 unspecified atom stereocenters. The molecular weight excluding hydrogens is 513 g/mol. The summed E-state index contributed by atoms with van der Waals surface area (Å²) < 4.78 is 14.5. The Hall–Kier alpha value is -2.47. The predicted octanol–water partition coefficient (Wildman–Crippen LogP) is 7.38. The molecule has 1 aromatic rings. The van der Waals surface area contributed by atoms with Crippen LogP contribution in [0.4, 0.5) is 4.39 Å². The number of allylic oxidation sites excluding steroid dienone is 2. The second-order valence-electron chi connectivity index (χ2n) is 12.4. The van der Waals surface area contributed by atoms with E-state index in [1.165, 1.54) is 12.1 Å². The van der Waals surface area contributed by atoms with Gasteiger partial charge in [-0.15, -0.1) is 0 Å². The van der Waals surface area contributed by atoms with Crippen LogP contribution in [-0.2, 0) is 9.59 Å². The Kier molecular flexibility index (Phi) is 9.05. The van der Waals surface area contributed by atoms with E-state index in [1.54, 1.807) is 6.07 Å². The van der Waals surface area contributed by atoms with Crippen LogP contribution in [-0.4, -0.2) is 40.7 Å². The number of nitrogens with one attached hydrogen (secondary N) is 1. The van der Waals surface area contributed by atoms with Crippen LogP contribution >= 0.6 is 11.6 Å². The molecule has 1 aliphatic heterocycles. The average molecular weight is 556 g/mol. The maximum absolute atomic E-state index is 14.5. The summed E-state index contributed by atoms with van der Waals surface area (Å²) in [5.41, 5.74) is 2.29. The largest absolute Gasteiger partial charge is 0.352 e. The first-order valence-corrected chi connectivity index (χ1v) is 14.9. The third-order valence-corrected chi connectivity index (χ3v) is 9.01. The van der Waals surface area contributed by atoms with Crippen LogP contribution in [0, 0.1) is 17.2 Å². The number of rotatable bonds is 8. The Balaban J connectivity index is 1.71. The van der Waals surface area contributed by atoms with Crippen molar-refractivity contribution in [1.82, 2.24) is 10.2 Å². The highest BCUT2D eigenvalue weighted by Gasteiger charge is 2.52. The molecule has 5 nitrogen and oxygen atoms in total. The summed E-state index contributed by atoms with van der Waals surface area (Å²) in [7, 11) is 0. The zero-order valence-corrected chi connectivity index (χ0v) is 24.8. The molecule has 2 aliphatic carbocycles. The van der Waals surface area contributed by atoms with Gasteiger partial charge >= 0.3 is 0 Å². The summed E-state index contributed by atoms with van der Waals surface area (Å²) in [4.78, 5) is 34.0. The number of benzene rings is 1. The number of hydrogen-bond acceptors (Lipinski definition) is 3. The van der Waals surface area contributed by atoms with Gasteiger partial charge in [-0.3, -0.25) is 14.6 Å². The second kappa shape index (κ2) is 12.0. The fourth-order valence-electron chi connectivity index (χ4n) is 6.40. The topological polar surface area (TPSA) is 61.8 Å². The van der Waals surface area contributed by atoms with Crippen molar-refractivity contribution in [3.05, 3.63) is 57.9 Å². The van der Waals surface area contributed by atoms with E-state index in [2.05, 4.69) is 33.0 Å². The lowest BCUT2D eigenvalue weighted by Gasteiger charge is -2.48. The first-order chi connectivity index (χ1) is 18.5. The summed E-state index contributed by atoms with van der Waals surface area (Å²) in [6.07, 6.45) is 11.5. The van der Waals surface area contributed by atoms with E-state index in [0.29, 0.717) is 30.2 Å². The Morgan fingerprint density at radius 1 is 1.18 bits per heavy atom. The van der Waals surface area contributed by atoms with Gasteiger partial charge in [-0.2, -0.15) is 0 Å². The fourth-order valence-corrected chi connectivity index (χ4v) is 6.52. The smallest absolute Gasteiger partial charge is 0.275 e. The molecule has 0 saturated heterocycles. The fraction of sp³-hybridized carbons (Fsp3) is 0.594.